The summed E-state index contributed by atoms with van der Waals surface area (Å²) >= 11 is 3.62. The molecule has 2 aliphatic heterocycles. The van der Waals surface area contributed by atoms with Gasteiger partial charge in [0, 0.05) is 92.8 Å². The average Bonchev–Trinajstić information content (AvgIpc) is 3.77. The van der Waals surface area contributed by atoms with Gasteiger partial charge in [-0.05, 0) is 74.4 Å². The van der Waals surface area contributed by atoms with Crippen molar-refractivity contribution in [3.63, 3.8) is 0 Å². The number of nitrogens with zero attached hydrogens (tertiary/aromatic N) is 6. The van der Waals surface area contributed by atoms with E-state index in [1.165, 1.54) is 0 Å². The largest absolute Gasteiger partial charge is 0.378 e. The second-order valence-electron chi connectivity index (χ2n) is 12.2. The molecule has 6 rings (SSSR count). The van der Waals surface area contributed by atoms with Crippen molar-refractivity contribution in [1.29, 1.82) is 0 Å². The number of aryl methyl sites for hydroxylation is 1. The number of imidazole rings is 1. The first-order valence-electron chi connectivity index (χ1n) is 15.8. The van der Waals surface area contributed by atoms with Crippen molar-refractivity contribution in [2.75, 3.05) is 70.5 Å². The maximum atomic E-state index is 13.1. The Balaban J connectivity index is 1.20. The summed E-state index contributed by atoms with van der Waals surface area (Å²) in [5.41, 5.74) is 6.55. The predicted octanol–water partition coefficient (Wildman–Crippen LogP) is 3.61. The van der Waals surface area contributed by atoms with Crippen molar-refractivity contribution >= 4 is 48.7 Å². The van der Waals surface area contributed by atoms with Crippen LogP contribution in [0.5, 0.6) is 0 Å². The number of benzene rings is 1. The van der Waals surface area contributed by atoms with Gasteiger partial charge in [0.25, 0.3) is 5.91 Å². The molecule has 0 aliphatic carbocycles. The third-order valence-corrected chi connectivity index (χ3v) is 11.5. The van der Waals surface area contributed by atoms with Crippen LogP contribution in [0.15, 0.2) is 41.0 Å². The SMILES string of the molecule is CCS(=O)(=O)N1CCC(Nc2c(Br)cnc3[nH]c(-c4cc(C)n(-c5cccc(C(=O)NCCN6CCN(C)CC6)c5)c4C)nc23)C1. The number of anilines is 1. The summed E-state index contributed by atoms with van der Waals surface area (Å²) in [6.45, 7) is 12.3. The van der Waals surface area contributed by atoms with E-state index in [0.29, 0.717) is 48.6 Å². The molecule has 14 heteroatoms. The Bertz CT molecular complexity index is 1850. The second kappa shape index (κ2) is 13.4. The number of halogens is 1. The molecule has 12 nitrogen and oxygen atoms in total. The van der Waals surface area contributed by atoms with Gasteiger partial charge in [-0.1, -0.05) is 6.07 Å². The van der Waals surface area contributed by atoms with Crippen LogP contribution in [0.4, 0.5) is 5.69 Å². The molecule has 46 heavy (non-hydrogen) atoms. The van der Waals surface area contributed by atoms with Crippen LogP contribution in [0.1, 0.15) is 35.1 Å². The van der Waals surface area contributed by atoms with E-state index in [-0.39, 0.29) is 17.7 Å². The number of nitrogens with one attached hydrogen (secondary N) is 3. The number of carbonyl (C=O) groups is 1. The van der Waals surface area contributed by atoms with Crippen LogP contribution in [-0.4, -0.2) is 119 Å². The second-order valence-corrected chi connectivity index (χ2v) is 15.3. The minimum absolute atomic E-state index is 0.0373. The number of aromatic nitrogens is 4. The van der Waals surface area contributed by atoms with Gasteiger partial charge in [0.15, 0.2) is 5.65 Å². The molecule has 1 atom stereocenters. The molecule has 2 saturated heterocycles. The van der Waals surface area contributed by atoms with Crippen molar-refractivity contribution in [3.05, 3.63) is 58.0 Å². The highest BCUT2D eigenvalue weighted by atomic mass is 79.9. The zero-order valence-electron chi connectivity index (χ0n) is 26.8. The van der Waals surface area contributed by atoms with Gasteiger partial charge in [-0.25, -0.2) is 18.4 Å². The molecule has 1 aromatic carbocycles. The first-order valence-corrected chi connectivity index (χ1v) is 18.2. The third-order valence-electron chi connectivity index (χ3n) is 9.09. The monoisotopic (exact) mass is 711 g/mol. The number of carbonyl (C=O) groups excluding carboxylic acids is 1. The van der Waals surface area contributed by atoms with Crippen molar-refractivity contribution in [2.24, 2.45) is 0 Å². The Labute approximate surface area is 278 Å². The smallest absolute Gasteiger partial charge is 0.251 e. The number of likely N-dealkylation sites (N-methyl/N-ethyl adjacent to an activating group) is 1. The molecule has 2 fully saturated rings. The normalized spacial score (nSPS) is 18.4. The summed E-state index contributed by atoms with van der Waals surface area (Å²) in [6, 6.07) is 9.75. The molecule has 0 spiro atoms. The van der Waals surface area contributed by atoms with Crippen LogP contribution >= 0.6 is 15.9 Å². The maximum Gasteiger partial charge on any atom is 0.251 e. The molecule has 1 amide bonds. The number of hydrogen-bond acceptors (Lipinski definition) is 8. The Morgan fingerprint density at radius 2 is 1.91 bits per heavy atom. The summed E-state index contributed by atoms with van der Waals surface area (Å²) in [4.78, 5) is 30.7. The van der Waals surface area contributed by atoms with Crippen molar-refractivity contribution in [1.82, 2.24) is 38.9 Å². The van der Waals surface area contributed by atoms with Crippen molar-refractivity contribution in [3.8, 4) is 17.1 Å². The molecule has 0 bridgehead atoms. The first kappa shape index (κ1) is 32.6. The highest BCUT2D eigenvalue weighted by molar-refractivity contribution is 9.10. The van der Waals surface area contributed by atoms with Gasteiger partial charge in [-0.2, -0.15) is 4.31 Å². The van der Waals surface area contributed by atoms with Gasteiger partial charge < -0.3 is 25.1 Å². The molecule has 0 saturated carbocycles. The summed E-state index contributed by atoms with van der Waals surface area (Å²) in [6.07, 6.45) is 2.44. The fourth-order valence-corrected chi connectivity index (χ4v) is 7.93. The van der Waals surface area contributed by atoms with Gasteiger partial charge >= 0.3 is 0 Å². The lowest BCUT2D eigenvalue weighted by Gasteiger charge is -2.32. The van der Waals surface area contributed by atoms with Crippen LogP contribution in [0, 0.1) is 13.8 Å². The highest BCUT2D eigenvalue weighted by Crippen LogP contribution is 2.34. The maximum absolute atomic E-state index is 13.1. The Hall–Kier alpha value is -3.30. The predicted molar refractivity (Wildman–Crippen MR) is 185 cm³/mol. The van der Waals surface area contributed by atoms with Gasteiger partial charge in [0.2, 0.25) is 10.0 Å². The molecule has 246 valence electrons. The topological polar surface area (TPSA) is 131 Å². The van der Waals surface area contributed by atoms with E-state index in [1.54, 1.807) is 17.4 Å². The van der Waals surface area contributed by atoms with E-state index in [2.05, 4.69) is 64.0 Å². The van der Waals surface area contributed by atoms with E-state index >= 15 is 0 Å². The number of aromatic amines is 1. The zero-order chi connectivity index (χ0) is 32.6. The number of fused-ring (bicyclic) bond motifs is 1. The van der Waals surface area contributed by atoms with E-state index in [0.717, 1.165) is 65.5 Å². The minimum Gasteiger partial charge on any atom is -0.378 e. The molecule has 5 heterocycles. The molecule has 3 N–H and O–H groups in total. The number of hydrogen-bond donors (Lipinski definition) is 3. The number of rotatable bonds is 10. The molecule has 4 aromatic rings. The molecular formula is C32H42BrN9O3S. The Morgan fingerprint density at radius 1 is 1.13 bits per heavy atom. The summed E-state index contributed by atoms with van der Waals surface area (Å²) < 4.78 is 29.2. The van der Waals surface area contributed by atoms with Crippen LogP contribution in [0.2, 0.25) is 0 Å². The summed E-state index contributed by atoms with van der Waals surface area (Å²) in [7, 11) is -1.10. The van der Waals surface area contributed by atoms with E-state index in [1.807, 2.05) is 38.1 Å². The standard InChI is InChI=1S/C32H42BrN9O3S/c1-5-46(44,45)41-11-9-24(20-41)36-28-27(33)19-35-31-29(28)37-30(38-31)26-17-21(2)42(22(26)3)25-8-6-7-23(18-25)32(43)34-10-12-40-15-13-39(4)14-16-40/h6-8,17-19,24H,5,9-16,20H2,1-4H3,(H,34,43)(H2,35,36,37,38). The van der Waals surface area contributed by atoms with Gasteiger partial charge in [0.1, 0.15) is 11.3 Å². The molecule has 3 aromatic heterocycles. The molecular weight excluding hydrogens is 670 g/mol. The lowest BCUT2D eigenvalue weighted by atomic mass is 10.1. The molecule has 0 radical (unpaired) electrons. The molecule has 1 unspecified atom stereocenters. The fraction of sp³-hybridized carbons (Fsp3) is 0.469. The Morgan fingerprint density at radius 3 is 2.67 bits per heavy atom. The van der Waals surface area contributed by atoms with Gasteiger partial charge in [-0.15, -0.1) is 0 Å². The lowest BCUT2D eigenvalue weighted by Crippen LogP contribution is -2.46. The van der Waals surface area contributed by atoms with Crippen molar-refractivity contribution < 1.29 is 13.2 Å². The van der Waals surface area contributed by atoms with Crippen molar-refractivity contribution in [2.45, 2.75) is 33.2 Å². The third kappa shape index (κ3) is 6.72. The zero-order valence-corrected chi connectivity index (χ0v) is 29.2. The quantitative estimate of drug-likeness (QED) is 0.228. The fourth-order valence-electron chi connectivity index (χ4n) is 6.37. The summed E-state index contributed by atoms with van der Waals surface area (Å²) in [5.74, 6) is 0.700. The summed E-state index contributed by atoms with van der Waals surface area (Å²) in [5, 5.41) is 6.62. The van der Waals surface area contributed by atoms with Crippen LogP contribution in [0.25, 0.3) is 28.2 Å². The van der Waals surface area contributed by atoms with Gasteiger partial charge in [-0.3, -0.25) is 9.69 Å². The van der Waals surface area contributed by atoms with Gasteiger partial charge in [0.05, 0.1) is 15.9 Å². The average molecular weight is 713 g/mol. The number of sulfonamides is 1. The highest BCUT2D eigenvalue weighted by Gasteiger charge is 2.31. The van der Waals surface area contributed by atoms with Crippen LogP contribution in [-0.2, 0) is 10.0 Å². The number of pyridine rings is 1. The van der Waals surface area contributed by atoms with E-state index in [9.17, 15) is 13.2 Å². The Kier molecular flexibility index (Phi) is 9.53. The lowest BCUT2D eigenvalue weighted by molar-refractivity contribution is 0.0941. The minimum atomic E-state index is -3.24. The molecule has 2 aliphatic rings. The van der Waals surface area contributed by atoms with E-state index in [4.69, 9.17) is 4.98 Å². The number of amides is 1. The number of H-pyrrole nitrogens is 1. The van der Waals surface area contributed by atoms with Crippen LogP contribution in [0.3, 0.4) is 0 Å². The van der Waals surface area contributed by atoms with E-state index < -0.39 is 10.0 Å². The van der Waals surface area contributed by atoms with Crippen LogP contribution < -0.4 is 10.6 Å². The number of piperazine rings is 1. The first-order chi connectivity index (χ1) is 22.0.